The Kier molecular flexibility index (Phi) is 4.13. The molecule has 1 rings (SSSR count). The number of benzene rings is 1. The number of aromatic hydroxyl groups is 1. The van der Waals surface area contributed by atoms with Crippen molar-refractivity contribution < 1.29 is 24.5 Å². The smallest absolute Gasteiger partial charge is 0.333 e. The van der Waals surface area contributed by atoms with Crippen molar-refractivity contribution in [2.24, 2.45) is 0 Å². The number of hydrogen-bond acceptors (Lipinski definition) is 4. The molecule has 0 fully saturated rings. The number of aliphatic carboxylic acids is 1. The minimum atomic E-state index is -1.03. The zero-order valence-electron chi connectivity index (χ0n) is 9.14. The van der Waals surface area contributed by atoms with Crippen LogP contribution in [0.1, 0.15) is 5.56 Å². The Labute approximate surface area is 93.2 Å². The zero-order valence-corrected chi connectivity index (χ0v) is 9.14. The van der Waals surface area contributed by atoms with Gasteiger partial charge < -0.3 is 19.7 Å². The van der Waals surface area contributed by atoms with Gasteiger partial charge in [0.25, 0.3) is 0 Å². The lowest BCUT2D eigenvalue weighted by atomic mass is 10.1. The number of carbonyl (C=O) groups is 1. The largest absolute Gasteiger partial charge is 0.508 e. The number of ether oxygens (including phenoxy) is 2. The number of phenolic OH excluding ortho intramolecular Hbond substituents is 1. The summed E-state index contributed by atoms with van der Waals surface area (Å²) >= 11 is 0. The van der Waals surface area contributed by atoms with Crippen molar-refractivity contribution in [3.05, 3.63) is 23.8 Å². The summed E-state index contributed by atoms with van der Waals surface area (Å²) in [6, 6.07) is 4.53. The maximum absolute atomic E-state index is 10.8. The Morgan fingerprint density at radius 3 is 2.62 bits per heavy atom. The van der Waals surface area contributed by atoms with Crippen molar-refractivity contribution in [2.75, 3.05) is 14.2 Å². The van der Waals surface area contributed by atoms with Gasteiger partial charge in [0, 0.05) is 19.6 Å². The van der Waals surface area contributed by atoms with Crippen LogP contribution in [0.2, 0.25) is 0 Å². The average Bonchev–Trinajstić information content (AvgIpc) is 2.26. The molecule has 0 aliphatic rings. The molecule has 0 amide bonds. The van der Waals surface area contributed by atoms with Gasteiger partial charge in [0.1, 0.15) is 11.5 Å². The molecule has 0 saturated heterocycles. The summed E-state index contributed by atoms with van der Waals surface area (Å²) in [7, 11) is 2.80. The average molecular weight is 226 g/mol. The fourth-order valence-corrected chi connectivity index (χ4v) is 1.37. The number of carboxylic acids is 1. The standard InChI is InChI=1S/C11H14O5/c1-15-9-6-8(12)4-3-7(9)5-10(16-2)11(13)14/h3-4,6,10,12H,5H2,1-2H3,(H,13,14). The van der Waals surface area contributed by atoms with Gasteiger partial charge in [0.15, 0.2) is 6.10 Å². The van der Waals surface area contributed by atoms with Crippen LogP contribution in [-0.4, -0.2) is 36.5 Å². The minimum absolute atomic E-state index is 0.0740. The van der Waals surface area contributed by atoms with Crippen LogP contribution in [0.25, 0.3) is 0 Å². The SMILES string of the molecule is COc1cc(O)ccc1CC(OC)C(=O)O. The lowest BCUT2D eigenvalue weighted by molar-refractivity contribution is -0.148. The summed E-state index contributed by atoms with van der Waals surface area (Å²) in [6.07, 6.45) is -0.728. The predicted octanol–water partition coefficient (Wildman–Crippen LogP) is 1.04. The highest BCUT2D eigenvalue weighted by atomic mass is 16.5. The van der Waals surface area contributed by atoms with Crippen LogP contribution in [0, 0.1) is 0 Å². The van der Waals surface area contributed by atoms with Gasteiger partial charge in [0.05, 0.1) is 7.11 Å². The minimum Gasteiger partial charge on any atom is -0.508 e. The van der Waals surface area contributed by atoms with Crippen LogP contribution in [0.15, 0.2) is 18.2 Å². The van der Waals surface area contributed by atoms with E-state index in [1.165, 1.54) is 26.4 Å². The van der Waals surface area contributed by atoms with Crippen LogP contribution >= 0.6 is 0 Å². The Bertz CT molecular complexity index is 375. The van der Waals surface area contributed by atoms with Gasteiger partial charge in [-0.1, -0.05) is 6.07 Å². The molecule has 0 aliphatic heterocycles. The van der Waals surface area contributed by atoms with Crippen molar-refractivity contribution in [1.29, 1.82) is 0 Å². The summed E-state index contributed by atoms with van der Waals surface area (Å²) in [4.78, 5) is 10.8. The van der Waals surface area contributed by atoms with Crippen molar-refractivity contribution >= 4 is 5.97 Å². The van der Waals surface area contributed by atoms with Gasteiger partial charge in [-0.05, 0) is 11.6 Å². The van der Waals surface area contributed by atoms with Crippen molar-refractivity contribution in [1.82, 2.24) is 0 Å². The van der Waals surface area contributed by atoms with E-state index in [0.717, 1.165) is 0 Å². The van der Waals surface area contributed by atoms with E-state index in [2.05, 4.69) is 0 Å². The molecular weight excluding hydrogens is 212 g/mol. The maximum atomic E-state index is 10.8. The molecular formula is C11H14O5. The molecule has 0 saturated carbocycles. The first-order chi connectivity index (χ1) is 7.58. The van der Waals surface area contributed by atoms with E-state index in [1.54, 1.807) is 6.07 Å². The molecule has 1 aromatic carbocycles. The molecule has 0 bridgehead atoms. The fourth-order valence-electron chi connectivity index (χ4n) is 1.37. The van der Waals surface area contributed by atoms with Gasteiger partial charge in [-0.3, -0.25) is 0 Å². The number of methoxy groups -OCH3 is 2. The van der Waals surface area contributed by atoms with Crippen molar-refractivity contribution in [2.45, 2.75) is 12.5 Å². The Morgan fingerprint density at radius 2 is 2.12 bits per heavy atom. The van der Waals surface area contributed by atoms with Crippen molar-refractivity contribution in [3.8, 4) is 11.5 Å². The number of phenols is 1. The Morgan fingerprint density at radius 1 is 1.44 bits per heavy atom. The number of hydrogen-bond donors (Lipinski definition) is 2. The Balaban J connectivity index is 2.91. The first-order valence-corrected chi connectivity index (χ1v) is 4.70. The summed E-state index contributed by atoms with van der Waals surface area (Å²) in [5, 5.41) is 18.1. The molecule has 88 valence electrons. The van der Waals surface area contributed by atoms with Gasteiger partial charge in [-0.25, -0.2) is 4.79 Å². The molecule has 0 aromatic heterocycles. The fraction of sp³-hybridized carbons (Fsp3) is 0.364. The maximum Gasteiger partial charge on any atom is 0.333 e. The van der Waals surface area contributed by atoms with E-state index >= 15 is 0 Å². The molecule has 0 heterocycles. The topological polar surface area (TPSA) is 76.0 Å². The molecule has 5 nitrogen and oxygen atoms in total. The third kappa shape index (κ3) is 2.87. The monoisotopic (exact) mass is 226 g/mol. The quantitative estimate of drug-likeness (QED) is 0.784. The van der Waals surface area contributed by atoms with E-state index in [0.29, 0.717) is 11.3 Å². The lowest BCUT2D eigenvalue weighted by Gasteiger charge is -2.13. The molecule has 0 radical (unpaired) electrons. The second-order valence-electron chi connectivity index (χ2n) is 3.26. The molecule has 1 atom stereocenters. The summed E-state index contributed by atoms with van der Waals surface area (Å²) in [5.74, 6) is -0.509. The highest BCUT2D eigenvalue weighted by Crippen LogP contribution is 2.25. The second-order valence-corrected chi connectivity index (χ2v) is 3.26. The third-order valence-electron chi connectivity index (χ3n) is 2.24. The summed E-state index contributed by atoms with van der Waals surface area (Å²) in [6.45, 7) is 0. The van der Waals surface area contributed by atoms with E-state index in [-0.39, 0.29) is 12.2 Å². The summed E-state index contributed by atoms with van der Waals surface area (Å²) < 4.78 is 9.87. The Hall–Kier alpha value is -1.75. The molecule has 5 heteroatoms. The molecule has 2 N–H and O–H groups in total. The number of carboxylic acid groups (broad SMARTS) is 1. The van der Waals surface area contributed by atoms with Gasteiger partial charge in [0.2, 0.25) is 0 Å². The van der Waals surface area contributed by atoms with Crippen molar-refractivity contribution in [3.63, 3.8) is 0 Å². The van der Waals surface area contributed by atoms with Crippen LogP contribution in [0.4, 0.5) is 0 Å². The number of rotatable bonds is 5. The zero-order chi connectivity index (χ0) is 12.1. The highest BCUT2D eigenvalue weighted by molar-refractivity contribution is 5.73. The predicted molar refractivity (Wildman–Crippen MR) is 56.8 cm³/mol. The molecule has 0 aliphatic carbocycles. The van der Waals surface area contributed by atoms with E-state index < -0.39 is 12.1 Å². The first kappa shape index (κ1) is 12.3. The molecule has 1 aromatic rings. The van der Waals surface area contributed by atoms with Crippen LogP contribution in [0.5, 0.6) is 11.5 Å². The second kappa shape index (κ2) is 5.37. The van der Waals surface area contributed by atoms with E-state index in [1.807, 2.05) is 0 Å². The molecule has 1 unspecified atom stereocenters. The third-order valence-corrected chi connectivity index (χ3v) is 2.24. The van der Waals surface area contributed by atoms with Crippen LogP contribution < -0.4 is 4.74 Å². The van der Waals surface area contributed by atoms with Gasteiger partial charge >= 0.3 is 5.97 Å². The van der Waals surface area contributed by atoms with Gasteiger partial charge in [-0.2, -0.15) is 0 Å². The van der Waals surface area contributed by atoms with Crippen LogP contribution in [-0.2, 0) is 16.0 Å². The lowest BCUT2D eigenvalue weighted by Crippen LogP contribution is -2.25. The summed E-state index contributed by atoms with van der Waals surface area (Å²) in [5.41, 5.74) is 0.676. The van der Waals surface area contributed by atoms with E-state index in [4.69, 9.17) is 14.6 Å². The normalized spacial score (nSPS) is 12.1. The molecule has 0 spiro atoms. The van der Waals surface area contributed by atoms with E-state index in [9.17, 15) is 9.90 Å². The molecule has 16 heavy (non-hydrogen) atoms. The van der Waals surface area contributed by atoms with Gasteiger partial charge in [-0.15, -0.1) is 0 Å². The van der Waals surface area contributed by atoms with Crippen LogP contribution in [0.3, 0.4) is 0 Å². The first-order valence-electron chi connectivity index (χ1n) is 4.70. The highest BCUT2D eigenvalue weighted by Gasteiger charge is 2.19.